The van der Waals surface area contributed by atoms with E-state index >= 15 is 0 Å². The van der Waals surface area contributed by atoms with Gasteiger partial charge in [0.15, 0.2) is 53.1 Å². The minimum atomic E-state index is -1.51. The number of morpholine rings is 1. The van der Waals surface area contributed by atoms with Crippen LogP contribution in [0.15, 0.2) is 41.1 Å². The van der Waals surface area contributed by atoms with Crippen molar-refractivity contribution in [1.82, 2.24) is 61.6 Å². The van der Waals surface area contributed by atoms with E-state index in [0.29, 0.717) is 0 Å². The van der Waals surface area contributed by atoms with E-state index in [9.17, 15) is 47.7 Å². The highest BCUT2D eigenvalue weighted by Crippen LogP contribution is 2.24. The molecule has 0 bridgehead atoms. The number of guanidine groups is 6. The maximum Gasteiger partial charge on any atom is 0.327 e. The number of H-pyrrole nitrogens is 1. The summed E-state index contributed by atoms with van der Waals surface area (Å²) in [6.07, 6.45) is -0.773. The molecule has 43 nitrogen and oxygen atoms in total. The van der Waals surface area contributed by atoms with Crippen LogP contribution in [0.4, 0.5) is 5.95 Å². The lowest BCUT2D eigenvalue weighted by atomic mass is 10.0. The second-order valence-corrected chi connectivity index (χ2v) is 21.5. The van der Waals surface area contributed by atoms with Gasteiger partial charge in [-0.2, -0.15) is 4.98 Å². The summed E-state index contributed by atoms with van der Waals surface area (Å²) in [5, 5.41) is 18.3. The zero-order valence-corrected chi connectivity index (χ0v) is 53.0. The predicted molar refractivity (Wildman–Crippen MR) is 346 cm³/mol. The van der Waals surface area contributed by atoms with Gasteiger partial charge in [0.1, 0.15) is 42.4 Å². The minimum Gasteiger partial charge on any atom is -0.370 e. The second-order valence-electron chi connectivity index (χ2n) is 21.1. The molecule has 522 valence electrons. The number of aromatic nitrogens is 4. The van der Waals surface area contributed by atoms with Gasteiger partial charge < -0.3 is 121 Å². The molecule has 8 amide bonds. The van der Waals surface area contributed by atoms with Crippen molar-refractivity contribution in [3.63, 3.8) is 0 Å². The number of nitrogens with one attached hydrogen (secondary N) is 8. The first-order chi connectivity index (χ1) is 44.6. The molecule has 8 atom stereocenters. The number of nitrogen functional groups attached to an aromatic ring is 1. The van der Waals surface area contributed by atoms with E-state index in [-0.39, 0.29) is 189 Å². The number of carbonyl (C=O) groups is 8. The topological polar surface area (TPSA) is 736 Å². The van der Waals surface area contributed by atoms with Crippen LogP contribution in [0.3, 0.4) is 0 Å². The third kappa shape index (κ3) is 29.7. The van der Waals surface area contributed by atoms with Crippen LogP contribution in [0, 0.1) is 0 Å². The fraction of sp³-hybridized carbons (Fsp3) is 0.620. The molecule has 44 heteroatoms. The standard InChI is InChI=1S/C50H90N31O12P/c1-25(82)72-28(9-3-15-65-45(53)54)38(85)74-30(11-5-17-67-47(57)58)40(87)76-32(13-7-19-69-49(61)62)42(89)77-31(12-6-18-68-48(59)60)41(88)75-29(10-4-16-66-46(55)56)39(86)73-27(8-2-14-64-44(51)52)37(84)70-20-33(83)80-21-26(23-92-94-91)93-34(22-80)81-24-71-35-36(81)78-50(63)79-43(35)90/h24,26-32,34H,2-23H2,1H3,(H,70,84)(H,72,82)(H,73,86)(H,74,85)(H,75,88)(H,76,87)(H,77,89)(H4,51,52,64)(H4,53,54,65)(H4,55,56,66)(H4,57,58,67)(H4,59,60,68)(H4,61,62,69)(H3,63,78,79,90)/t26-,27?,28-,29-,30?,31-,32-,34+/m0/s1. The van der Waals surface area contributed by atoms with Gasteiger partial charge in [-0.1, -0.05) is 0 Å². The Kier molecular flexibility index (Phi) is 34.0. The van der Waals surface area contributed by atoms with E-state index in [1.165, 1.54) is 22.7 Å². The Morgan fingerprint density at radius 2 is 0.904 bits per heavy atom. The maximum atomic E-state index is 14.7. The predicted octanol–water partition coefficient (Wildman–Crippen LogP) is -9.98. The van der Waals surface area contributed by atoms with Crippen LogP contribution >= 0.6 is 8.69 Å². The SMILES string of the molecule is CC(=O)N[C@@H](CCCN=C(N)N)C(=O)NC(CCCN=C(N)N)C(=O)N[C@@H](CCCN=C(N)N)C(=O)N[C@@H](CCCN=C(N)N)C(=O)N[C@@H](CCCN=C(N)N)C(=O)NC(CCCN=C(N)N)C(=O)NCC(=O)N1C[C@@H](COP=O)O[C@@H](n2cnc3c(=O)[nH]c(N)nc32)C1. The average molecular weight is 1350 g/mol. The molecule has 1 saturated heterocycles. The summed E-state index contributed by atoms with van der Waals surface area (Å²) in [6, 6.07) is -8.48. The summed E-state index contributed by atoms with van der Waals surface area (Å²) in [6.45, 7) is -0.0168. The molecule has 0 aliphatic carbocycles. The number of carbonyl (C=O) groups excluding carboxylic acids is 8. The molecule has 34 N–H and O–H groups in total. The number of hydrogen-bond acceptors (Lipinski definition) is 21. The Balaban J connectivity index is 2.00. The Morgan fingerprint density at radius 1 is 0.564 bits per heavy atom. The molecule has 2 unspecified atom stereocenters. The monoisotopic (exact) mass is 1350 g/mol. The molecule has 2 aromatic rings. The van der Waals surface area contributed by atoms with E-state index in [1.54, 1.807) is 0 Å². The molecular weight excluding hydrogens is 1260 g/mol. The summed E-state index contributed by atoms with van der Waals surface area (Å²) in [7, 11) is -0.679. The van der Waals surface area contributed by atoms with Crippen molar-refractivity contribution in [2.75, 3.05) is 71.2 Å². The van der Waals surface area contributed by atoms with E-state index in [0.717, 1.165) is 0 Å². The molecular formula is C50H90N31O12P. The van der Waals surface area contributed by atoms with Gasteiger partial charge in [-0.25, -0.2) is 9.55 Å². The van der Waals surface area contributed by atoms with Gasteiger partial charge in [0.2, 0.25) is 53.2 Å². The molecule has 2 aromatic heterocycles. The largest absolute Gasteiger partial charge is 0.370 e. The zero-order valence-electron chi connectivity index (χ0n) is 52.1. The number of rotatable bonds is 42. The van der Waals surface area contributed by atoms with Crippen molar-refractivity contribution >= 4 is 109 Å². The fourth-order valence-electron chi connectivity index (χ4n) is 9.17. The van der Waals surface area contributed by atoms with E-state index in [4.69, 9.17) is 83.8 Å². The lowest BCUT2D eigenvalue weighted by Gasteiger charge is -2.38. The van der Waals surface area contributed by atoms with Crippen molar-refractivity contribution in [2.24, 2.45) is 98.8 Å². The molecule has 0 radical (unpaired) electrons. The van der Waals surface area contributed by atoms with Gasteiger partial charge in [0.25, 0.3) is 5.56 Å². The fourth-order valence-corrected chi connectivity index (χ4v) is 9.40. The van der Waals surface area contributed by atoms with Gasteiger partial charge in [0, 0.05) is 52.7 Å². The second kappa shape index (κ2) is 41.1. The summed E-state index contributed by atoms with van der Waals surface area (Å²) in [5.41, 5.74) is 71.6. The number of nitrogens with zero attached hydrogens (tertiary/aromatic N) is 10. The van der Waals surface area contributed by atoms with Crippen molar-refractivity contribution < 1.29 is 52.2 Å². The van der Waals surface area contributed by atoms with E-state index < -0.39 is 117 Å². The van der Waals surface area contributed by atoms with Gasteiger partial charge in [-0.3, -0.25) is 87.2 Å². The smallest absolute Gasteiger partial charge is 0.327 e. The first kappa shape index (κ1) is 77.8. The van der Waals surface area contributed by atoms with Crippen LogP contribution in [-0.2, 0) is 52.2 Å². The van der Waals surface area contributed by atoms with Crippen LogP contribution in [0.2, 0.25) is 0 Å². The van der Waals surface area contributed by atoms with Crippen molar-refractivity contribution in [3.8, 4) is 0 Å². The number of ether oxygens (including phenoxy) is 1. The summed E-state index contributed by atoms with van der Waals surface area (Å²) in [4.78, 5) is 161. The van der Waals surface area contributed by atoms with Crippen LogP contribution in [0.5, 0.6) is 0 Å². The summed E-state index contributed by atoms with van der Waals surface area (Å²) >= 11 is 0. The van der Waals surface area contributed by atoms with Gasteiger partial charge in [-0.15, -0.1) is 0 Å². The third-order valence-corrected chi connectivity index (χ3v) is 13.8. The molecule has 94 heavy (non-hydrogen) atoms. The van der Waals surface area contributed by atoms with Crippen LogP contribution < -0.4 is 117 Å². The molecule has 0 aromatic carbocycles. The first-order valence-corrected chi connectivity index (χ1v) is 30.3. The molecule has 0 saturated carbocycles. The minimum absolute atomic E-state index is 0.0101. The van der Waals surface area contributed by atoms with Crippen LogP contribution in [-0.4, -0.2) is 215 Å². The molecule has 3 rings (SSSR count). The Morgan fingerprint density at radius 3 is 1.23 bits per heavy atom. The quantitative estimate of drug-likeness (QED) is 0.0127. The van der Waals surface area contributed by atoms with Crippen LogP contribution in [0.1, 0.15) is 90.2 Å². The molecule has 3 heterocycles. The summed E-state index contributed by atoms with van der Waals surface area (Å²) in [5.74, 6) is -8.32. The summed E-state index contributed by atoms with van der Waals surface area (Å²) < 4.78 is 23.8. The number of anilines is 1. The van der Waals surface area contributed by atoms with Crippen molar-refractivity contribution in [2.45, 2.75) is 133 Å². The highest BCUT2D eigenvalue weighted by atomic mass is 31.1. The van der Waals surface area contributed by atoms with E-state index in [1.807, 2.05) is 0 Å². The average Bonchev–Trinajstić information content (AvgIpc) is 1.60. The lowest BCUT2D eigenvalue weighted by Crippen LogP contribution is -2.60. The highest BCUT2D eigenvalue weighted by Gasteiger charge is 2.36. The van der Waals surface area contributed by atoms with Gasteiger partial charge in [-0.05, 0) is 77.0 Å². The molecule has 1 fully saturated rings. The molecule has 0 spiro atoms. The Bertz CT molecular complexity index is 3110. The Hall–Kier alpha value is -10.4. The number of aliphatic imine (C=N–C) groups is 6. The van der Waals surface area contributed by atoms with Gasteiger partial charge in [0.05, 0.1) is 26.0 Å². The number of aromatic amines is 1. The highest BCUT2D eigenvalue weighted by molar-refractivity contribution is 7.17. The number of amides is 8. The Labute approximate surface area is 540 Å². The zero-order chi connectivity index (χ0) is 69.9. The molecule has 1 aliphatic rings. The number of imidazole rings is 1. The van der Waals surface area contributed by atoms with Crippen molar-refractivity contribution in [3.05, 3.63) is 16.7 Å². The van der Waals surface area contributed by atoms with Crippen LogP contribution in [0.25, 0.3) is 11.2 Å². The number of fused-ring (bicyclic) bond motifs is 1. The van der Waals surface area contributed by atoms with E-state index in [2.05, 4.69) is 82.1 Å². The third-order valence-electron chi connectivity index (χ3n) is 13.5. The van der Waals surface area contributed by atoms with Crippen molar-refractivity contribution in [1.29, 1.82) is 0 Å². The lowest BCUT2D eigenvalue weighted by molar-refractivity contribution is -0.157. The number of hydrogen-bond donors (Lipinski definition) is 21. The number of nitrogens with two attached hydrogens (primary N) is 13. The normalized spacial score (nSPS) is 15.4. The molecule has 1 aliphatic heterocycles. The van der Waals surface area contributed by atoms with Gasteiger partial charge >= 0.3 is 8.69 Å². The maximum absolute atomic E-state index is 14.7. The first-order valence-electron chi connectivity index (χ1n) is 29.6.